The van der Waals surface area contributed by atoms with Gasteiger partial charge in [-0.3, -0.25) is 14.6 Å². The van der Waals surface area contributed by atoms with E-state index in [4.69, 9.17) is 4.99 Å². The Balaban J connectivity index is 1.68. The minimum atomic E-state index is -0.537. The topological polar surface area (TPSA) is 54.2 Å². The number of carbonyl (C=O) groups excluding carboxylic acids is 2. The van der Waals surface area contributed by atoms with Crippen LogP contribution in [0.2, 0.25) is 0 Å². The average molecular weight is 405 g/mol. The number of amides is 2. The number of rotatable bonds is 5. The number of anilines is 1. The second-order valence-electron chi connectivity index (χ2n) is 8.38. The van der Waals surface area contributed by atoms with E-state index in [9.17, 15) is 9.59 Å². The zero-order valence-corrected chi connectivity index (χ0v) is 18.0. The SMILES string of the molecule is CC[NH+]1CCC[C@H]1CN=CC1C(=O)N(c2cccc(C)c2C)C(=O)c2ccccc21. The molecule has 2 aromatic carbocycles. The lowest BCUT2D eigenvalue weighted by atomic mass is 9.88. The minimum Gasteiger partial charge on any atom is -0.331 e. The van der Waals surface area contributed by atoms with E-state index >= 15 is 0 Å². The molecule has 30 heavy (non-hydrogen) atoms. The normalized spacial score (nSPS) is 24.0. The number of likely N-dealkylation sites (tertiary alicyclic amines) is 1. The number of nitrogens with zero attached hydrogens (tertiary/aromatic N) is 2. The maximum absolute atomic E-state index is 13.5. The first-order chi connectivity index (χ1) is 14.5. The van der Waals surface area contributed by atoms with E-state index in [1.54, 1.807) is 11.1 Å². The lowest BCUT2D eigenvalue weighted by molar-refractivity contribution is -0.908. The number of aliphatic imine (C=N–C) groups is 1. The highest BCUT2D eigenvalue weighted by molar-refractivity contribution is 6.29. The maximum atomic E-state index is 13.5. The number of fused-ring (bicyclic) bond motifs is 1. The molecule has 4 rings (SSSR count). The van der Waals surface area contributed by atoms with Crippen LogP contribution < -0.4 is 9.80 Å². The van der Waals surface area contributed by atoms with Crippen LogP contribution in [0.15, 0.2) is 47.5 Å². The third-order valence-electron chi connectivity index (χ3n) is 6.69. The van der Waals surface area contributed by atoms with Gasteiger partial charge in [0.25, 0.3) is 5.91 Å². The zero-order valence-electron chi connectivity index (χ0n) is 18.0. The van der Waals surface area contributed by atoms with Gasteiger partial charge < -0.3 is 4.90 Å². The first-order valence-corrected chi connectivity index (χ1v) is 10.9. The van der Waals surface area contributed by atoms with Crippen molar-refractivity contribution in [1.82, 2.24) is 0 Å². The average Bonchev–Trinajstić information content (AvgIpc) is 3.21. The van der Waals surface area contributed by atoms with E-state index in [0.29, 0.717) is 17.3 Å². The molecule has 1 fully saturated rings. The Hall–Kier alpha value is -2.79. The lowest BCUT2D eigenvalue weighted by Gasteiger charge is -2.32. The molecule has 0 aliphatic carbocycles. The first kappa shape index (κ1) is 20.5. The number of hydrogen-bond acceptors (Lipinski definition) is 3. The van der Waals surface area contributed by atoms with Crippen LogP contribution in [0.3, 0.4) is 0 Å². The molecule has 2 amide bonds. The fourth-order valence-electron chi connectivity index (χ4n) is 4.77. The molecule has 1 N–H and O–H groups in total. The highest BCUT2D eigenvalue weighted by Gasteiger charge is 2.39. The summed E-state index contributed by atoms with van der Waals surface area (Å²) < 4.78 is 0. The molecule has 0 aromatic heterocycles. The molecular formula is C25H30N3O2+. The van der Waals surface area contributed by atoms with Crippen LogP contribution in [0.4, 0.5) is 5.69 Å². The summed E-state index contributed by atoms with van der Waals surface area (Å²) in [5.74, 6) is -1.01. The third kappa shape index (κ3) is 3.58. The molecule has 5 nitrogen and oxygen atoms in total. The van der Waals surface area contributed by atoms with Crippen molar-refractivity contribution in [3.63, 3.8) is 0 Å². The Kier molecular flexibility index (Phi) is 5.82. The van der Waals surface area contributed by atoms with E-state index in [2.05, 4.69) is 6.92 Å². The van der Waals surface area contributed by atoms with Crippen molar-refractivity contribution in [1.29, 1.82) is 0 Å². The number of likely N-dealkylation sites (N-methyl/N-ethyl adjacent to an activating group) is 1. The van der Waals surface area contributed by atoms with Gasteiger partial charge in [-0.15, -0.1) is 0 Å². The van der Waals surface area contributed by atoms with Gasteiger partial charge in [0.1, 0.15) is 6.04 Å². The van der Waals surface area contributed by atoms with E-state index in [1.807, 2.05) is 56.3 Å². The number of aryl methyl sites for hydroxylation is 1. The maximum Gasteiger partial charge on any atom is 0.265 e. The van der Waals surface area contributed by atoms with Crippen LogP contribution >= 0.6 is 0 Å². The third-order valence-corrected chi connectivity index (χ3v) is 6.69. The highest BCUT2D eigenvalue weighted by atomic mass is 16.2. The number of benzene rings is 2. The summed E-state index contributed by atoms with van der Waals surface area (Å²) in [6, 6.07) is 13.7. The van der Waals surface area contributed by atoms with Gasteiger partial charge in [0, 0.05) is 24.6 Å². The fourth-order valence-corrected chi connectivity index (χ4v) is 4.77. The highest BCUT2D eigenvalue weighted by Crippen LogP contribution is 2.34. The van der Waals surface area contributed by atoms with Gasteiger partial charge in [0.2, 0.25) is 5.91 Å². The van der Waals surface area contributed by atoms with Crippen molar-refractivity contribution in [3.8, 4) is 0 Å². The van der Waals surface area contributed by atoms with Gasteiger partial charge in [-0.25, -0.2) is 4.90 Å². The zero-order chi connectivity index (χ0) is 21.3. The summed E-state index contributed by atoms with van der Waals surface area (Å²) in [7, 11) is 0. The first-order valence-electron chi connectivity index (χ1n) is 10.9. The molecule has 2 unspecified atom stereocenters. The van der Waals surface area contributed by atoms with Gasteiger partial charge in [0.15, 0.2) is 0 Å². The number of nitrogens with one attached hydrogen (secondary N) is 1. The van der Waals surface area contributed by atoms with Crippen LogP contribution in [0, 0.1) is 13.8 Å². The molecule has 2 aliphatic heterocycles. The van der Waals surface area contributed by atoms with Crippen LogP contribution in [-0.4, -0.2) is 43.7 Å². The van der Waals surface area contributed by atoms with Gasteiger partial charge in [-0.1, -0.05) is 30.3 Å². The van der Waals surface area contributed by atoms with Crippen molar-refractivity contribution in [2.24, 2.45) is 4.99 Å². The smallest absolute Gasteiger partial charge is 0.265 e. The van der Waals surface area contributed by atoms with E-state index in [1.165, 1.54) is 24.3 Å². The Morgan fingerprint density at radius 1 is 1.13 bits per heavy atom. The van der Waals surface area contributed by atoms with Crippen molar-refractivity contribution in [3.05, 3.63) is 64.7 Å². The summed E-state index contributed by atoms with van der Waals surface area (Å²) in [6.45, 7) is 9.21. The van der Waals surface area contributed by atoms with Crippen LogP contribution in [-0.2, 0) is 4.79 Å². The van der Waals surface area contributed by atoms with E-state index in [0.717, 1.165) is 29.8 Å². The van der Waals surface area contributed by atoms with Gasteiger partial charge in [0.05, 0.1) is 31.2 Å². The number of imide groups is 1. The molecule has 0 saturated carbocycles. The molecule has 5 heteroatoms. The Bertz CT molecular complexity index is 998. The van der Waals surface area contributed by atoms with Crippen molar-refractivity contribution in [2.75, 3.05) is 24.5 Å². The molecule has 0 radical (unpaired) electrons. The fraction of sp³-hybridized carbons (Fsp3) is 0.400. The van der Waals surface area contributed by atoms with Crippen LogP contribution in [0.5, 0.6) is 0 Å². The molecule has 2 heterocycles. The number of carbonyl (C=O) groups is 2. The molecular weight excluding hydrogens is 374 g/mol. The molecule has 3 atom stereocenters. The molecule has 2 aliphatic rings. The second kappa shape index (κ2) is 8.52. The van der Waals surface area contributed by atoms with Crippen molar-refractivity contribution in [2.45, 2.75) is 45.6 Å². The second-order valence-corrected chi connectivity index (χ2v) is 8.38. The van der Waals surface area contributed by atoms with Crippen LogP contribution in [0.25, 0.3) is 0 Å². The summed E-state index contributed by atoms with van der Waals surface area (Å²) >= 11 is 0. The summed E-state index contributed by atoms with van der Waals surface area (Å²) in [5, 5.41) is 0. The molecule has 1 saturated heterocycles. The monoisotopic (exact) mass is 404 g/mol. The molecule has 0 bridgehead atoms. The van der Waals surface area contributed by atoms with Crippen molar-refractivity contribution < 1.29 is 14.5 Å². The van der Waals surface area contributed by atoms with Gasteiger partial charge >= 0.3 is 0 Å². The standard InChI is InChI=1S/C25H29N3O2/c1-4-27-14-8-10-19(27)15-26-16-22-20-11-5-6-12-21(20)24(29)28(25(22)30)23-13-7-9-17(2)18(23)3/h5-7,9,11-13,16,19,22H,4,8,10,14-15H2,1-3H3/p+1/t19-,22?/m0/s1. The Labute approximate surface area is 178 Å². The number of hydrogen-bond donors (Lipinski definition) is 1. The predicted octanol–water partition coefficient (Wildman–Crippen LogP) is 2.71. The number of quaternary nitrogens is 1. The Morgan fingerprint density at radius 2 is 1.93 bits per heavy atom. The summed E-state index contributed by atoms with van der Waals surface area (Å²) in [6.07, 6.45) is 4.20. The van der Waals surface area contributed by atoms with E-state index < -0.39 is 5.92 Å². The predicted molar refractivity (Wildman–Crippen MR) is 120 cm³/mol. The Morgan fingerprint density at radius 3 is 2.73 bits per heavy atom. The van der Waals surface area contributed by atoms with E-state index in [-0.39, 0.29) is 11.8 Å². The summed E-state index contributed by atoms with van der Waals surface area (Å²) in [5.41, 5.74) is 4.00. The lowest BCUT2D eigenvalue weighted by Crippen LogP contribution is -3.13. The quantitative estimate of drug-likeness (QED) is 0.615. The minimum absolute atomic E-state index is 0.220. The largest absolute Gasteiger partial charge is 0.331 e. The molecule has 156 valence electrons. The van der Waals surface area contributed by atoms with Crippen molar-refractivity contribution >= 4 is 23.7 Å². The molecule has 2 aromatic rings. The molecule has 0 spiro atoms. The van der Waals surface area contributed by atoms with Gasteiger partial charge in [-0.05, 0) is 49.6 Å². The summed E-state index contributed by atoms with van der Waals surface area (Å²) in [4.78, 5) is 34.4. The van der Waals surface area contributed by atoms with Crippen LogP contribution in [0.1, 0.15) is 52.7 Å². The van der Waals surface area contributed by atoms with Gasteiger partial charge in [-0.2, -0.15) is 0 Å².